The molecule has 0 spiro atoms. The summed E-state index contributed by atoms with van der Waals surface area (Å²) in [5.41, 5.74) is -4.79. The fraction of sp³-hybridized carbons (Fsp3) is 0.475. The normalized spacial score (nSPS) is 16.8. The van der Waals surface area contributed by atoms with Gasteiger partial charge in [-0.3, -0.25) is 24.5 Å². The molecule has 3 aliphatic rings. The molecule has 0 aromatic carbocycles. The molecule has 0 aliphatic carbocycles. The van der Waals surface area contributed by atoms with Gasteiger partial charge in [0.1, 0.15) is 0 Å². The largest absolute Gasteiger partial charge is 1.00 e. The number of amides is 2. The van der Waals surface area contributed by atoms with Crippen LogP contribution in [0.1, 0.15) is 83.4 Å². The Balaban J connectivity index is 0.000000418. The molecule has 3 fully saturated rings. The van der Waals surface area contributed by atoms with Crippen molar-refractivity contribution in [1.29, 1.82) is 0 Å². The molecule has 4 N–H and O–H groups in total. The predicted octanol–water partition coefficient (Wildman–Crippen LogP) is 0.948. The number of aromatic carboxylic acids is 1. The van der Waals surface area contributed by atoms with Crippen LogP contribution in [0, 0.1) is 0 Å². The first-order chi connectivity index (χ1) is 28.1. The van der Waals surface area contributed by atoms with Gasteiger partial charge in [0.2, 0.25) is 17.0 Å². The van der Waals surface area contributed by atoms with Gasteiger partial charge in [-0.2, -0.15) is 0 Å². The number of piperidine rings is 3. The number of aliphatic carboxylic acids is 1. The number of hydrogen-bond donors (Lipinski definition) is 3. The van der Waals surface area contributed by atoms with Gasteiger partial charge in [0, 0.05) is 102 Å². The number of pyridine rings is 3. The average Bonchev–Trinajstić information content (AvgIpc) is 3.26. The Bertz CT molecular complexity index is 1830. The molecule has 0 unspecified atom stereocenters. The van der Waals surface area contributed by atoms with Crippen molar-refractivity contribution in [2.45, 2.75) is 69.4 Å². The first-order valence-corrected chi connectivity index (χ1v) is 19.0. The van der Waals surface area contributed by atoms with Gasteiger partial charge in [-0.05, 0) is 63.3 Å². The molecule has 3 aromatic heterocycles. The topological polar surface area (TPSA) is 249 Å². The molecule has 6 rings (SSSR count). The molecule has 17 nitrogen and oxygen atoms in total. The fourth-order valence-corrected chi connectivity index (χ4v) is 5.93. The first kappa shape index (κ1) is 53.6. The number of likely N-dealkylation sites (tertiary alicyclic amines) is 2. The van der Waals surface area contributed by atoms with Crippen molar-refractivity contribution in [1.82, 2.24) is 30.1 Å². The summed E-state index contributed by atoms with van der Waals surface area (Å²) in [6.07, 6.45) is 8.96. The molecule has 0 atom stereocenters. The summed E-state index contributed by atoms with van der Waals surface area (Å²) in [7, 11) is 0. The van der Waals surface area contributed by atoms with Crippen LogP contribution in [0.25, 0.3) is 0 Å². The summed E-state index contributed by atoms with van der Waals surface area (Å²) in [4.78, 5) is 82.0. The first-order valence-electron chi connectivity index (χ1n) is 19.0. The molecule has 328 valence electrons. The number of ether oxygens (including phenoxy) is 2. The van der Waals surface area contributed by atoms with E-state index in [0.717, 1.165) is 0 Å². The molecule has 3 aromatic rings. The van der Waals surface area contributed by atoms with E-state index in [2.05, 4.69) is 25.0 Å². The van der Waals surface area contributed by atoms with Crippen LogP contribution >= 0.6 is 0 Å². The molecule has 3 saturated heterocycles. The minimum absolute atomic E-state index is 0. The Morgan fingerprint density at radius 1 is 0.623 bits per heavy atom. The summed E-state index contributed by atoms with van der Waals surface area (Å²) >= 11 is 0. The fourth-order valence-electron chi connectivity index (χ4n) is 5.93. The zero-order valence-corrected chi connectivity index (χ0v) is 34.3. The molecule has 61 heavy (non-hydrogen) atoms. The standard InChI is InChI=1S/C14H17FN2O3.C12H13FN2O3.C8H14FNO2.C6H5NO2.Li.H2O/c1-2-20-13(19)14(15)5-8-17(9-6-14)12(18)11-4-3-7-16-10-11;13-12(11(17)18)3-6-15(7-4-12)10(16)9-2-1-5-14-8-9;1-2-12-7(11)8(9)3-5-10-6-4-8;8-6(9)5-2-1-3-7-4-5;;/h3-4,7,10H,2,5-6,8-9H2,1H3;1-2,5,8H,3-4,6-7H2,(H,17,18);10H,2-6H2,1H3;1-4H,(H,8,9);;1H2/q;;;;+1;/p-1. The van der Waals surface area contributed by atoms with Gasteiger partial charge in [0.25, 0.3) is 11.8 Å². The monoisotopic (exact) mass is 854 g/mol. The van der Waals surface area contributed by atoms with Crippen LogP contribution in [0.15, 0.2) is 73.6 Å². The second kappa shape index (κ2) is 26.0. The molecule has 0 bridgehead atoms. The van der Waals surface area contributed by atoms with Gasteiger partial charge in [-0.25, -0.2) is 32.3 Å². The second-order valence-corrected chi connectivity index (χ2v) is 13.5. The minimum atomic E-state index is -2.20. The van der Waals surface area contributed by atoms with E-state index < -0.39 is 40.9 Å². The van der Waals surface area contributed by atoms with E-state index in [0.29, 0.717) is 24.2 Å². The number of nitrogens with one attached hydrogen (secondary N) is 1. The zero-order chi connectivity index (χ0) is 43.5. The number of carbonyl (C=O) groups excluding carboxylic acids is 4. The van der Waals surface area contributed by atoms with E-state index in [1.165, 1.54) is 40.7 Å². The summed E-state index contributed by atoms with van der Waals surface area (Å²) in [5.74, 6) is -4.35. The Labute approximate surface area is 362 Å². The summed E-state index contributed by atoms with van der Waals surface area (Å²) in [6.45, 7) is 5.44. The van der Waals surface area contributed by atoms with Crippen LogP contribution in [0.5, 0.6) is 0 Å². The number of halogens is 3. The number of aromatic nitrogens is 3. The molecule has 0 saturated carbocycles. The van der Waals surface area contributed by atoms with Crippen molar-refractivity contribution >= 4 is 35.7 Å². The van der Waals surface area contributed by atoms with Crippen LogP contribution in [0.2, 0.25) is 0 Å². The van der Waals surface area contributed by atoms with Gasteiger partial charge in [0.15, 0.2) is 0 Å². The third kappa shape index (κ3) is 16.2. The maximum absolute atomic E-state index is 14.4. The number of carboxylic acids is 2. The third-order valence-corrected chi connectivity index (χ3v) is 9.47. The van der Waals surface area contributed by atoms with E-state index in [-0.39, 0.29) is 120 Å². The zero-order valence-electron chi connectivity index (χ0n) is 34.3. The number of hydrogen-bond acceptors (Lipinski definition) is 13. The van der Waals surface area contributed by atoms with Crippen LogP contribution < -0.4 is 24.2 Å². The molecular formula is C40H50F3LiN6O11. The summed E-state index contributed by atoms with van der Waals surface area (Å²) in [6, 6.07) is 9.70. The Hall–Kier alpha value is -5.42. The Morgan fingerprint density at radius 2 is 0.967 bits per heavy atom. The van der Waals surface area contributed by atoms with Crippen LogP contribution in [0.3, 0.4) is 0 Å². The van der Waals surface area contributed by atoms with E-state index in [9.17, 15) is 41.9 Å². The van der Waals surface area contributed by atoms with E-state index in [1.54, 1.807) is 56.6 Å². The molecule has 0 radical (unpaired) electrons. The van der Waals surface area contributed by atoms with Gasteiger partial charge in [-0.15, -0.1) is 0 Å². The maximum atomic E-state index is 14.4. The number of nitrogens with zero attached hydrogens (tertiary/aromatic N) is 5. The molecule has 21 heteroatoms. The minimum Gasteiger partial charge on any atom is -0.870 e. The van der Waals surface area contributed by atoms with Crippen LogP contribution in [-0.2, 0) is 23.9 Å². The van der Waals surface area contributed by atoms with Crippen molar-refractivity contribution in [2.75, 3.05) is 52.5 Å². The molecule has 2 amide bonds. The van der Waals surface area contributed by atoms with Crippen molar-refractivity contribution in [3.8, 4) is 0 Å². The van der Waals surface area contributed by atoms with E-state index in [1.807, 2.05) is 0 Å². The summed E-state index contributed by atoms with van der Waals surface area (Å²) < 4.78 is 51.2. The number of carboxylic acid groups (broad SMARTS) is 2. The Morgan fingerprint density at radius 3 is 1.26 bits per heavy atom. The quantitative estimate of drug-likeness (QED) is 0.211. The SMILES string of the molecule is CCOC(=O)C1(F)CCN(C(=O)c2cccnc2)CC1.CCOC(=O)C1(F)CCNCC1.O=C(O)c1cccnc1.O=C(c1cccnc1)N1CCC(F)(C(=O)O)CC1.[Li+].[OH-]. The summed E-state index contributed by atoms with van der Waals surface area (Å²) in [5, 5.41) is 20.1. The molecule has 6 heterocycles. The average molecular weight is 855 g/mol. The van der Waals surface area contributed by atoms with Gasteiger partial charge < -0.3 is 40.3 Å². The predicted molar refractivity (Wildman–Crippen MR) is 206 cm³/mol. The van der Waals surface area contributed by atoms with Gasteiger partial charge >= 0.3 is 42.7 Å². The van der Waals surface area contributed by atoms with E-state index in [4.69, 9.17) is 14.9 Å². The number of carbonyl (C=O) groups is 6. The number of rotatable bonds is 8. The van der Waals surface area contributed by atoms with Gasteiger partial charge in [-0.1, -0.05) is 0 Å². The van der Waals surface area contributed by atoms with Crippen molar-refractivity contribution in [2.24, 2.45) is 0 Å². The molecule has 3 aliphatic heterocycles. The number of esters is 2. The van der Waals surface area contributed by atoms with Crippen molar-refractivity contribution < 1.29 is 86.0 Å². The Kier molecular flexibility index (Phi) is 22.9. The smallest absolute Gasteiger partial charge is 0.870 e. The van der Waals surface area contributed by atoms with E-state index >= 15 is 0 Å². The second-order valence-electron chi connectivity index (χ2n) is 13.5. The number of alkyl halides is 3. The maximum Gasteiger partial charge on any atom is 1.00 e. The van der Waals surface area contributed by atoms with Gasteiger partial charge in [0.05, 0.1) is 29.9 Å². The third-order valence-electron chi connectivity index (χ3n) is 9.47. The van der Waals surface area contributed by atoms with Crippen molar-refractivity contribution in [3.05, 3.63) is 90.3 Å². The van der Waals surface area contributed by atoms with Crippen molar-refractivity contribution in [3.63, 3.8) is 0 Å². The van der Waals surface area contributed by atoms with Crippen LogP contribution in [-0.4, -0.2) is 146 Å². The van der Waals surface area contributed by atoms with Crippen LogP contribution in [0.4, 0.5) is 13.2 Å². The molecular weight excluding hydrogens is 804 g/mol.